The van der Waals surface area contributed by atoms with E-state index >= 15 is 0 Å². The molecular formula is C8H6INO2. The fourth-order valence-corrected chi connectivity index (χ4v) is 1.50. The summed E-state index contributed by atoms with van der Waals surface area (Å²) in [6.45, 7) is 0. The van der Waals surface area contributed by atoms with Gasteiger partial charge in [0.15, 0.2) is 0 Å². The third-order valence-corrected chi connectivity index (χ3v) is 2.15. The van der Waals surface area contributed by atoms with Crippen LogP contribution in [-0.2, 0) is 4.79 Å². The number of nitrogens with zero attached hydrogens (tertiary/aromatic N) is 1. The maximum absolute atomic E-state index is 9.91. The van der Waals surface area contributed by atoms with Crippen LogP contribution in [0.1, 0.15) is 0 Å². The molecule has 0 aliphatic rings. The predicted octanol–water partition coefficient (Wildman–Crippen LogP) is 2.27. The zero-order valence-corrected chi connectivity index (χ0v) is 8.53. The summed E-state index contributed by atoms with van der Waals surface area (Å²) in [5.41, 5.74) is 0.593. The van der Waals surface area contributed by atoms with Gasteiger partial charge in [0.1, 0.15) is 5.75 Å². The number of ether oxygens (including phenoxy) is 1. The quantitative estimate of drug-likeness (QED) is 0.472. The topological polar surface area (TPSA) is 38.7 Å². The number of halogens is 1. The summed E-state index contributed by atoms with van der Waals surface area (Å²) < 4.78 is 5.95. The fourth-order valence-electron chi connectivity index (χ4n) is 0.778. The molecule has 1 rings (SSSR count). The largest absolute Gasteiger partial charge is 0.496 e. The van der Waals surface area contributed by atoms with Gasteiger partial charge < -0.3 is 4.74 Å². The van der Waals surface area contributed by atoms with Crippen LogP contribution in [0, 0.1) is 3.57 Å². The summed E-state index contributed by atoms with van der Waals surface area (Å²) in [5, 5.41) is 0. The van der Waals surface area contributed by atoms with Crippen LogP contribution < -0.4 is 4.74 Å². The van der Waals surface area contributed by atoms with E-state index in [1.807, 2.05) is 0 Å². The molecule has 0 unspecified atom stereocenters. The Labute approximate surface area is 83.6 Å². The van der Waals surface area contributed by atoms with Crippen LogP contribution in [-0.4, -0.2) is 13.2 Å². The van der Waals surface area contributed by atoms with Crippen molar-refractivity contribution in [2.75, 3.05) is 7.11 Å². The Bertz CT molecular complexity index is 332. The van der Waals surface area contributed by atoms with E-state index in [-0.39, 0.29) is 0 Å². The van der Waals surface area contributed by atoms with Gasteiger partial charge in [-0.25, -0.2) is 4.79 Å². The van der Waals surface area contributed by atoms with Gasteiger partial charge in [0, 0.05) is 0 Å². The van der Waals surface area contributed by atoms with E-state index in [0.29, 0.717) is 5.69 Å². The molecule has 0 radical (unpaired) electrons. The molecule has 0 amide bonds. The SMILES string of the molecule is COc1ccc(N=C=O)cc1I. The van der Waals surface area contributed by atoms with E-state index in [4.69, 9.17) is 4.74 Å². The minimum Gasteiger partial charge on any atom is -0.496 e. The lowest BCUT2D eigenvalue weighted by Crippen LogP contribution is -1.84. The molecule has 0 bridgehead atoms. The monoisotopic (exact) mass is 275 g/mol. The van der Waals surface area contributed by atoms with Crippen molar-refractivity contribution < 1.29 is 9.53 Å². The normalized spacial score (nSPS) is 8.83. The number of benzene rings is 1. The van der Waals surface area contributed by atoms with Crippen LogP contribution in [0.15, 0.2) is 23.2 Å². The molecule has 1 aromatic carbocycles. The van der Waals surface area contributed by atoms with Gasteiger partial charge in [0.25, 0.3) is 0 Å². The van der Waals surface area contributed by atoms with Crippen molar-refractivity contribution >= 4 is 34.4 Å². The molecular weight excluding hydrogens is 269 g/mol. The highest BCUT2D eigenvalue weighted by Gasteiger charge is 1.99. The van der Waals surface area contributed by atoms with Crippen molar-refractivity contribution in [2.45, 2.75) is 0 Å². The molecule has 0 saturated carbocycles. The minimum atomic E-state index is 0.593. The summed E-state index contributed by atoms with van der Waals surface area (Å²) in [4.78, 5) is 13.4. The molecule has 0 atom stereocenters. The number of hydrogen-bond donors (Lipinski definition) is 0. The number of aliphatic imine (C=N–C) groups is 1. The highest BCUT2D eigenvalue weighted by molar-refractivity contribution is 14.1. The summed E-state index contributed by atoms with van der Waals surface area (Å²) in [7, 11) is 1.60. The number of isocyanates is 1. The highest BCUT2D eigenvalue weighted by atomic mass is 127. The maximum Gasteiger partial charge on any atom is 0.240 e. The fraction of sp³-hybridized carbons (Fsp3) is 0.125. The minimum absolute atomic E-state index is 0.593. The average molecular weight is 275 g/mol. The first kappa shape index (κ1) is 9.22. The van der Waals surface area contributed by atoms with E-state index in [9.17, 15) is 4.79 Å². The van der Waals surface area contributed by atoms with Crippen molar-refractivity contribution in [3.8, 4) is 5.75 Å². The first-order valence-electron chi connectivity index (χ1n) is 3.19. The lowest BCUT2D eigenvalue weighted by molar-refractivity contribution is 0.412. The first-order valence-corrected chi connectivity index (χ1v) is 4.27. The smallest absolute Gasteiger partial charge is 0.240 e. The first-order chi connectivity index (χ1) is 5.77. The van der Waals surface area contributed by atoms with Gasteiger partial charge in [-0.2, -0.15) is 4.99 Å². The Morgan fingerprint density at radius 3 is 2.83 bits per heavy atom. The van der Waals surface area contributed by atoms with Gasteiger partial charge in [-0.3, -0.25) is 0 Å². The molecule has 3 nitrogen and oxygen atoms in total. The van der Waals surface area contributed by atoms with Crippen LogP contribution in [0.25, 0.3) is 0 Å². The zero-order valence-electron chi connectivity index (χ0n) is 6.37. The lowest BCUT2D eigenvalue weighted by atomic mass is 10.3. The van der Waals surface area contributed by atoms with Gasteiger partial charge in [-0.1, -0.05) is 0 Å². The Kier molecular flexibility index (Phi) is 3.25. The van der Waals surface area contributed by atoms with Crippen LogP contribution in [0.5, 0.6) is 5.75 Å². The van der Waals surface area contributed by atoms with E-state index < -0.39 is 0 Å². The Morgan fingerprint density at radius 1 is 1.58 bits per heavy atom. The third kappa shape index (κ3) is 2.06. The second-order valence-corrected chi connectivity index (χ2v) is 3.18. The van der Waals surface area contributed by atoms with Crippen molar-refractivity contribution in [2.24, 2.45) is 4.99 Å². The second-order valence-electron chi connectivity index (χ2n) is 2.02. The molecule has 4 heteroatoms. The van der Waals surface area contributed by atoms with Crippen LogP contribution in [0.2, 0.25) is 0 Å². The van der Waals surface area contributed by atoms with Crippen LogP contribution >= 0.6 is 22.6 Å². The molecule has 62 valence electrons. The van der Waals surface area contributed by atoms with E-state index in [0.717, 1.165) is 9.32 Å². The number of methoxy groups -OCH3 is 1. The summed E-state index contributed by atoms with van der Waals surface area (Å²) >= 11 is 2.11. The Morgan fingerprint density at radius 2 is 2.33 bits per heavy atom. The molecule has 0 heterocycles. The number of rotatable bonds is 2. The van der Waals surface area contributed by atoms with Gasteiger partial charge in [0.2, 0.25) is 6.08 Å². The predicted molar refractivity (Wildman–Crippen MR) is 53.5 cm³/mol. The molecule has 0 fully saturated rings. The van der Waals surface area contributed by atoms with Crippen LogP contribution in [0.4, 0.5) is 5.69 Å². The van der Waals surface area contributed by atoms with Crippen molar-refractivity contribution in [3.05, 3.63) is 21.8 Å². The third-order valence-electron chi connectivity index (χ3n) is 1.31. The van der Waals surface area contributed by atoms with Crippen molar-refractivity contribution in [3.63, 3.8) is 0 Å². The van der Waals surface area contributed by atoms with E-state index in [1.54, 1.807) is 25.3 Å². The van der Waals surface area contributed by atoms with Gasteiger partial charge >= 0.3 is 0 Å². The number of hydrogen-bond acceptors (Lipinski definition) is 3. The highest BCUT2D eigenvalue weighted by Crippen LogP contribution is 2.25. The van der Waals surface area contributed by atoms with Crippen molar-refractivity contribution in [1.29, 1.82) is 0 Å². The van der Waals surface area contributed by atoms with Crippen molar-refractivity contribution in [1.82, 2.24) is 0 Å². The zero-order chi connectivity index (χ0) is 8.97. The standard InChI is InChI=1S/C8H6INO2/c1-12-8-3-2-6(10-5-11)4-7(8)9/h2-4H,1H3. The summed E-state index contributed by atoms with van der Waals surface area (Å²) in [6.07, 6.45) is 1.48. The Hall–Kier alpha value is -0.870. The molecule has 1 aromatic rings. The molecule has 0 aromatic heterocycles. The van der Waals surface area contributed by atoms with Gasteiger partial charge in [-0.05, 0) is 40.8 Å². The Balaban J connectivity index is 3.09. The average Bonchev–Trinajstić information content (AvgIpc) is 2.05. The second kappa shape index (κ2) is 4.23. The number of carbonyl (C=O) groups excluding carboxylic acids is 1. The molecule has 0 saturated heterocycles. The van der Waals surface area contributed by atoms with E-state index in [2.05, 4.69) is 27.6 Å². The summed E-state index contributed by atoms with van der Waals surface area (Å²) in [6, 6.07) is 5.22. The lowest BCUT2D eigenvalue weighted by Gasteiger charge is -2.01. The molecule has 12 heavy (non-hydrogen) atoms. The van der Waals surface area contributed by atoms with Gasteiger partial charge in [-0.15, -0.1) is 0 Å². The molecule has 0 aliphatic carbocycles. The maximum atomic E-state index is 9.91. The summed E-state index contributed by atoms with van der Waals surface area (Å²) in [5.74, 6) is 0.778. The molecule has 0 N–H and O–H groups in total. The van der Waals surface area contributed by atoms with Crippen LogP contribution in [0.3, 0.4) is 0 Å². The van der Waals surface area contributed by atoms with E-state index in [1.165, 1.54) is 6.08 Å². The molecule has 0 aliphatic heterocycles. The van der Waals surface area contributed by atoms with Gasteiger partial charge in [0.05, 0.1) is 16.4 Å². The molecule has 0 spiro atoms.